The Morgan fingerprint density at radius 2 is 1.23 bits per heavy atom. The van der Waals surface area contributed by atoms with E-state index in [4.69, 9.17) is 9.47 Å². The van der Waals surface area contributed by atoms with E-state index in [2.05, 4.69) is 12.2 Å². The first kappa shape index (κ1) is 16.8. The Balaban J connectivity index is 1.81. The number of rotatable bonds is 7. The summed E-state index contributed by atoms with van der Waals surface area (Å²) in [5.41, 5.74) is 1.43. The second-order valence-corrected chi connectivity index (χ2v) is 6.27. The van der Waals surface area contributed by atoms with Crippen LogP contribution < -0.4 is 0 Å². The largest absolute Gasteiger partial charge is 0.463 e. The Morgan fingerprint density at radius 3 is 1.55 bits per heavy atom. The van der Waals surface area contributed by atoms with Gasteiger partial charge in [-0.1, -0.05) is 12.2 Å². The quantitative estimate of drug-likeness (QED) is 0.535. The van der Waals surface area contributed by atoms with Crippen LogP contribution in [0.25, 0.3) is 0 Å². The van der Waals surface area contributed by atoms with Crippen LogP contribution in [-0.4, -0.2) is 25.2 Å². The fraction of sp³-hybridized carbons (Fsp3) is 0.667. The molecule has 0 aromatic heterocycles. The summed E-state index contributed by atoms with van der Waals surface area (Å²) in [5.74, 6) is 1.88. The molecule has 0 radical (unpaired) electrons. The molecule has 0 saturated heterocycles. The Hall–Kier alpha value is -1.58. The minimum Gasteiger partial charge on any atom is -0.463 e. The molecule has 2 saturated carbocycles. The number of hydrogen-bond acceptors (Lipinski definition) is 4. The maximum atomic E-state index is 11.6. The van der Waals surface area contributed by atoms with Crippen molar-refractivity contribution >= 4 is 11.9 Å². The van der Waals surface area contributed by atoms with Gasteiger partial charge in [0.1, 0.15) is 0 Å². The zero-order valence-corrected chi connectivity index (χ0v) is 13.9. The molecular formula is C18H26O4. The lowest BCUT2D eigenvalue weighted by molar-refractivity contribution is -0.139. The average molecular weight is 306 g/mol. The van der Waals surface area contributed by atoms with Crippen molar-refractivity contribution in [2.75, 3.05) is 13.2 Å². The van der Waals surface area contributed by atoms with Gasteiger partial charge >= 0.3 is 11.9 Å². The molecule has 122 valence electrons. The Morgan fingerprint density at radius 1 is 0.864 bits per heavy atom. The third-order valence-corrected chi connectivity index (χ3v) is 4.46. The number of allylic oxidation sites excluding steroid dienone is 2. The summed E-state index contributed by atoms with van der Waals surface area (Å²) < 4.78 is 10.00. The monoisotopic (exact) mass is 306 g/mol. The topological polar surface area (TPSA) is 52.6 Å². The minimum atomic E-state index is -0.210. The molecule has 0 N–H and O–H groups in total. The first-order chi connectivity index (χ1) is 10.5. The molecule has 0 heterocycles. The predicted octanol–water partition coefficient (Wildman–Crippen LogP) is 3.28. The minimum absolute atomic E-state index is 0.210. The zero-order chi connectivity index (χ0) is 16.3. The first-order valence-electron chi connectivity index (χ1n) is 8.19. The van der Waals surface area contributed by atoms with E-state index >= 15 is 0 Å². The van der Waals surface area contributed by atoms with Crippen molar-refractivity contribution in [3.8, 4) is 0 Å². The van der Waals surface area contributed by atoms with Crippen LogP contribution in [0.5, 0.6) is 0 Å². The Kier molecular flexibility index (Phi) is 5.43. The van der Waals surface area contributed by atoms with Crippen molar-refractivity contribution in [3.05, 3.63) is 23.3 Å². The van der Waals surface area contributed by atoms with Crippen LogP contribution in [0, 0.1) is 23.7 Å². The van der Waals surface area contributed by atoms with Crippen molar-refractivity contribution in [2.24, 2.45) is 23.7 Å². The number of carbonyl (C=O) groups is 2. The summed E-state index contributed by atoms with van der Waals surface area (Å²) in [4.78, 5) is 23.2. The van der Waals surface area contributed by atoms with Gasteiger partial charge < -0.3 is 9.47 Å². The van der Waals surface area contributed by atoms with E-state index in [-0.39, 0.29) is 11.9 Å². The van der Waals surface area contributed by atoms with Gasteiger partial charge in [-0.25, -0.2) is 9.59 Å². The molecule has 0 aromatic carbocycles. The van der Waals surface area contributed by atoms with E-state index in [1.54, 1.807) is 0 Å². The van der Waals surface area contributed by atoms with Gasteiger partial charge in [0.05, 0.1) is 13.2 Å². The molecule has 0 aliphatic heterocycles. The average Bonchev–Trinajstić information content (AvgIpc) is 3.35. The van der Waals surface area contributed by atoms with Gasteiger partial charge in [0.2, 0.25) is 0 Å². The summed E-state index contributed by atoms with van der Waals surface area (Å²) in [6, 6.07) is 0. The summed E-state index contributed by atoms with van der Waals surface area (Å²) in [7, 11) is 0. The molecule has 0 unspecified atom stereocenters. The molecule has 0 bridgehead atoms. The van der Waals surface area contributed by atoms with E-state index in [0.29, 0.717) is 48.0 Å². The highest BCUT2D eigenvalue weighted by molar-refractivity contribution is 5.88. The van der Waals surface area contributed by atoms with Crippen LogP contribution in [-0.2, 0) is 19.1 Å². The highest BCUT2D eigenvalue weighted by Gasteiger charge is 2.51. The first-order valence-corrected chi connectivity index (χ1v) is 8.19. The SMILES string of the molecule is CCOC(=O)/C(C)=C\[C@H]1C[C@@H]1[C@H]1C[C@@H]1/C=C(\C)C(=O)OCC. The van der Waals surface area contributed by atoms with Crippen LogP contribution in [0.3, 0.4) is 0 Å². The number of esters is 2. The smallest absolute Gasteiger partial charge is 0.333 e. The lowest BCUT2D eigenvalue weighted by Gasteiger charge is -2.02. The molecule has 2 aliphatic rings. The third-order valence-electron chi connectivity index (χ3n) is 4.46. The number of carbonyl (C=O) groups excluding carboxylic acids is 2. The molecule has 4 heteroatoms. The highest BCUT2D eigenvalue weighted by atomic mass is 16.5. The van der Waals surface area contributed by atoms with E-state index in [9.17, 15) is 9.59 Å². The van der Waals surface area contributed by atoms with Crippen LogP contribution in [0.4, 0.5) is 0 Å². The van der Waals surface area contributed by atoms with Crippen molar-refractivity contribution < 1.29 is 19.1 Å². The Labute approximate surface area is 132 Å². The predicted molar refractivity (Wildman–Crippen MR) is 84.0 cm³/mol. The van der Waals surface area contributed by atoms with Crippen LogP contribution in [0.2, 0.25) is 0 Å². The van der Waals surface area contributed by atoms with Gasteiger partial charge in [-0.3, -0.25) is 0 Å². The molecule has 22 heavy (non-hydrogen) atoms. The van der Waals surface area contributed by atoms with Crippen LogP contribution in [0.15, 0.2) is 23.3 Å². The summed E-state index contributed by atoms with van der Waals surface area (Å²) in [5, 5.41) is 0. The maximum Gasteiger partial charge on any atom is 0.333 e. The normalized spacial score (nSPS) is 30.7. The molecule has 0 amide bonds. The van der Waals surface area contributed by atoms with Crippen molar-refractivity contribution in [1.82, 2.24) is 0 Å². The van der Waals surface area contributed by atoms with E-state index in [1.807, 2.05) is 27.7 Å². The van der Waals surface area contributed by atoms with Crippen LogP contribution >= 0.6 is 0 Å². The van der Waals surface area contributed by atoms with Crippen molar-refractivity contribution in [3.63, 3.8) is 0 Å². The van der Waals surface area contributed by atoms with Gasteiger partial charge in [0.25, 0.3) is 0 Å². The lowest BCUT2D eigenvalue weighted by Crippen LogP contribution is -2.05. The summed E-state index contributed by atoms with van der Waals surface area (Å²) in [6.45, 7) is 8.11. The maximum absolute atomic E-state index is 11.6. The fourth-order valence-corrected chi connectivity index (χ4v) is 3.11. The molecule has 0 aromatic rings. The molecule has 4 nitrogen and oxygen atoms in total. The van der Waals surface area contributed by atoms with Gasteiger partial charge in [-0.15, -0.1) is 0 Å². The van der Waals surface area contributed by atoms with Gasteiger partial charge in [-0.2, -0.15) is 0 Å². The highest BCUT2D eigenvalue weighted by Crippen LogP contribution is 2.59. The second-order valence-electron chi connectivity index (χ2n) is 6.27. The molecular weight excluding hydrogens is 280 g/mol. The lowest BCUT2D eigenvalue weighted by atomic mass is 10.1. The van der Waals surface area contributed by atoms with Gasteiger partial charge in [0.15, 0.2) is 0 Å². The Bertz CT molecular complexity index is 457. The third kappa shape index (κ3) is 4.21. The summed E-state index contributed by atoms with van der Waals surface area (Å²) >= 11 is 0. The fourth-order valence-electron chi connectivity index (χ4n) is 3.11. The molecule has 2 fully saturated rings. The van der Waals surface area contributed by atoms with Gasteiger partial charge in [0, 0.05) is 11.1 Å². The van der Waals surface area contributed by atoms with E-state index in [0.717, 1.165) is 12.8 Å². The number of hydrogen-bond donors (Lipinski definition) is 0. The molecule has 4 atom stereocenters. The molecule has 0 spiro atoms. The van der Waals surface area contributed by atoms with Crippen LogP contribution in [0.1, 0.15) is 40.5 Å². The molecule has 2 aliphatic carbocycles. The number of ether oxygens (including phenoxy) is 2. The van der Waals surface area contributed by atoms with Crippen molar-refractivity contribution in [2.45, 2.75) is 40.5 Å². The van der Waals surface area contributed by atoms with Gasteiger partial charge in [-0.05, 0) is 64.2 Å². The molecule has 2 rings (SSSR count). The zero-order valence-electron chi connectivity index (χ0n) is 13.9. The van der Waals surface area contributed by atoms with E-state index in [1.165, 1.54) is 0 Å². The van der Waals surface area contributed by atoms with Crippen molar-refractivity contribution in [1.29, 1.82) is 0 Å². The second kappa shape index (κ2) is 7.12. The summed E-state index contributed by atoms with van der Waals surface area (Å²) in [6.07, 6.45) is 6.40. The standard InChI is InChI=1S/C18H26O4/c1-5-21-17(19)11(3)7-13-9-15(13)16-10-14(16)8-12(4)18(20)22-6-2/h7-8,13-16H,5-6,9-10H2,1-4H3/b11-7-,12-8+/t13-,14-,15-,16-/m0/s1. The van der Waals surface area contributed by atoms with E-state index < -0.39 is 0 Å².